The van der Waals surface area contributed by atoms with E-state index < -0.39 is 0 Å². The van der Waals surface area contributed by atoms with Crippen molar-refractivity contribution >= 4 is 29.9 Å². The van der Waals surface area contributed by atoms with Crippen LogP contribution in [0.25, 0.3) is 0 Å². The predicted molar refractivity (Wildman–Crippen MR) is 108 cm³/mol. The van der Waals surface area contributed by atoms with Crippen LogP contribution in [0.3, 0.4) is 0 Å². The number of hydrogen-bond donors (Lipinski definition) is 3. The van der Waals surface area contributed by atoms with Crippen molar-refractivity contribution < 1.29 is 5.11 Å². The molecule has 0 unspecified atom stereocenters. The fourth-order valence-electron chi connectivity index (χ4n) is 3.39. The summed E-state index contributed by atoms with van der Waals surface area (Å²) in [6.45, 7) is 7.08. The number of hydrogen-bond acceptors (Lipinski definition) is 3. The highest BCUT2D eigenvalue weighted by Gasteiger charge is 2.16. The summed E-state index contributed by atoms with van der Waals surface area (Å²) in [4.78, 5) is 7.17. The molecule has 23 heavy (non-hydrogen) atoms. The van der Waals surface area contributed by atoms with Crippen molar-refractivity contribution in [3.05, 3.63) is 0 Å². The normalized spacial score (nSPS) is 21.7. The fraction of sp³-hybridized carbons (Fsp3) is 0.941. The topological polar surface area (TPSA) is 59.9 Å². The monoisotopic (exact) mass is 438 g/mol. The Kier molecular flexibility index (Phi) is 11.2. The van der Waals surface area contributed by atoms with Gasteiger partial charge in [-0.05, 0) is 45.6 Å². The lowest BCUT2D eigenvalue weighted by Crippen LogP contribution is -2.44. The van der Waals surface area contributed by atoms with Gasteiger partial charge in [0.05, 0.1) is 6.10 Å². The SMILES string of the molecule is CCNC(=NCCCN1CCC(O)CC1)NC1CCCCC1.I. The molecular formula is C17H35IN4O. The minimum absolute atomic E-state index is 0. The van der Waals surface area contributed by atoms with E-state index in [-0.39, 0.29) is 30.1 Å². The number of nitrogens with zero attached hydrogens (tertiary/aromatic N) is 2. The molecule has 1 heterocycles. The van der Waals surface area contributed by atoms with E-state index in [1.165, 1.54) is 32.1 Å². The molecule has 0 amide bonds. The maximum absolute atomic E-state index is 9.52. The summed E-state index contributed by atoms with van der Waals surface area (Å²) in [5.41, 5.74) is 0. The zero-order chi connectivity index (χ0) is 15.6. The third kappa shape index (κ3) is 8.54. The molecule has 136 valence electrons. The lowest BCUT2D eigenvalue weighted by molar-refractivity contribution is 0.0824. The van der Waals surface area contributed by atoms with Crippen LogP contribution in [0.5, 0.6) is 0 Å². The van der Waals surface area contributed by atoms with Crippen LogP contribution >= 0.6 is 24.0 Å². The lowest BCUT2D eigenvalue weighted by Gasteiger charge is -2.29. The van der Waals surface area contributed by atoms with Crippen LogP contribution in [0.1, 0.15) is 58.3 Å². The summed E-state index contributed by atoms with van der Waals surface area (Å²) in [6.07, 6.45) is 9.50. The van der Waals surface area contributed by atoms with E-state index in [9.17, 15) is 5.11 Å². The summed E-state index contributed by atoms with van der Waals surface area (Å²) >= 11 is 0. The van der Waals surface area contributed by atoms with E-state index in [2.05, 4.69) is 22.5 Å². The van der Waals surface area contributed by atoms with Crippen LogP contribution in [0.2, 0.25) is 0 Å². The molecule has 0 aromatic heterocycles. The molecule has 1 saturated heterocycles. The Hall–Kier alpha value is -0.0800. The second kappa shape index (κ2) is 12.3. The molecule has 0 bridgehead atoms. The largest absolute Gasteiger partial charge is 0.393 e. The molecule has 6 heteroatoms. The average molecular weight is 438 g/mol. The van der Waals surface area contributed by atoms with Gasteiger partial charge in [-0.25, -0.2) is 0 Å². The smallest absolute Gasteiger partial charge is 0.191 e. The van der Waals surface area contributed by atoms with Crippen LogP contribution in [0, 0.1) is 0 Å². The molecule has 0 radical (unpaired) electrons. The highest BCUT2D eigenvalue weighted by atomic mass is 127. The van der Waals surface area contributed by atoms with Crippen molar-refractivity contribution in [3.63, 3.8) is 0 Å². The third-order valence-electron chi connectivity index (χ3n) is 4.75. The van der Waals surface area contributed by atoms with Crippen LogP contribution in [0.15, 0.2) is 4.99 Å². The third-order valence-corrected chi connectivity index (χ3v) is 4.75. The quantitative estimate of drug-likeness (QED) is 0.258. The molecule has 2 rings (SSSR count). The minimum atomic E-state index is -0.0747. The van der Waals surface area contributed by atoms with Crippen molar-refractivity contribution in [1.82, 2.24) is 15.5 Å². The first-order chi connectivity index (χ1) is 10.8. The van der Waals surface area contributed by atoms with Crippen LogP contribution in [0.4, 0.5) is 0 Å². The Morgan fingerprint density at radius 2 is 1.83 bits per heavy atom. The Balaban J connectivity index is 0.00000264. The highest BCUT2D eigenvalue weighted by molar-refractivity contribution is 14.0. The van der Waals surface area contributed by atoms with Gasteiger partial charge in [-0.1, -0.05) is 19.3 Å². The Bertz CT molecular complexity index is 327. The summed E-state index contributed by atoms with van der Waals surface area (Å²) in [6, 6.07) is 0.607. The van der Waals surface area contributed by atoms with E-state index in [1.54, 1.807) is 0 Å². The molecule has 1 saturated carbocycles. The maximum Gasteiger partial charge on any atom is 0.191 e. The zero-order valence-corrected chi connectivity index (χ0v) is 16.9. The van der Waals surface area contributed by atoms with E-state index >= 15 is 0 Å². The number of aliphatic hydroxyl groups is 1. The number of aliphatic hydroxyl groups excluding tert-OH is 1. The first-order valence-corrected chi connectivity index (χ1v) is 9.23. The molecule has 0 spiro atoms. The number of nitrogens with one attached hydrogen (secondary N) is 2. The average Bonchev–Trinajstić information content (AvgIpc) is 2.54. The molecule has 2 aliphatic rings. The van der Waals surface area contributed by atoms with Gasteiger partial charge in [-0.15, -0.1) is 24.0 Å². The standard InChI is InChI=1S/C17H34N4O.HI/c1-2-18-17(20-15-7-4-3-5-8-15)19-11-6-12-21-13-9-16(22)10-14-21;/h15-16,22H,2-14H2,1H3,(H2,18,19,20);1H. The maximum atomic E-state index is 9.52. The molecular weight excluding hydrogens is 403 g/mol. The van der Waals surface area contributed by atoms with Crippen LogP contribution in [-0.2, 0) is 0 Å². The molecule has 0 aromatic carbocycles. The van der Waals surface area contributed by atoms with Gasteiger partial charge in [0.25, 0.3) is 0 Å². The van der Waals surface area contributed by atoms with Gasteiger partial charge < -0.3 is 20.6 Å². The number of halogens is 1. The fourth-order valence-corrected chi connectivity index (χ4v) is 3.39. The number of rotatable bonds is 6. The first-order valence-electron chi connectivity index (χ1n) is 9.23. The molecule has 5 nitrogen and oxygen atoms in total. The molecule has 1 aliphatic carbocycles. The van der Waals surface area contributed by atoms with E-state index in [0.29, 0.717) is 6.04 Å². The summed E-state index contributed by atoms with van der Waals surface area (Å²) in [5.74, 6) is 0.989. The molecule has 3 N–H and O–H groups in total. The lowest BCUT2D eigenvalue weighted by atomic mass is 9.96. The minimum Gasteiger partial charge on any atom is -0.393 e. The molecule has 2 fully saturated rings. The van der Waals surface area contributed by atoms with Crippen LogP contribution < -0.4 is 10.6 Å². The molecule has 0 atom stereocenters. The summed E-state index contributed by atoms with van der Waals surface area (Å²) < 4.78 is 0. The summed E-state index contributed by atoms with van der Waals surface area (Å²) in [7, 11) is 0. The molecule has 1 aliphatic heterocycles. The van der Waals surface area contributed by atoms with Gasteiger partial charge in [0.2, 0.25) is 0 Å². The van der Waals surface area contributed by atoms with Crippen molar-refractivity contribution in [2.24, 2.45) is 4.99 Å². The zero-order valence-electron chi connectivity index (χ0n) is 14.6. The van der Waals surface area contributed by atoms with Gasteiger partial charge in [0.15, 0.2) is 5.96 Å². The van der Waals surface area contributed by atoms with Crippen molar-refractivity contribution in [1.29, 1.82) is 0 Å². The highest BCUT2D eigenvalue weighted by Crippen LogP contribution is 2.17. The summed E-state index contributed by atoms with van der Waals surface area (Å²) in [5, 5.41) is 16.5. The van der Waals surface area contributed by atoms with Gasteiger partial charge in [0, 0.05) is 32.2 Å². The van der Waals surface area contributed by atoms with Gasteiger partial charge in [-0.3, -0.25) is 4.99 Å². The Morgan fingerprint density at radius 1 is 1.13 bits per heavy atom. The predicted octanol–water partition coefficient (Wildman–Crippen LogP) is 2.34. The number of likely N-dealkylation sites (tertiary alicyclic amines) is 1. The Labute approximate surface area is 158 Å². The van der Waals surface area contributed by atoms with E-state index in [0.717, 1.165) is 57.9 Å². The van der Waals surface area contributed by atoms with Gasteiger partial charge in [-0.2, -0.15) is 0 Å². The van der Waals surface area contributed by atoms with Crippen LogP contribution in [-0.4, -0.2) is 60.8 Å². The Morgan fingerprint density at radius 3 is 2.48 bits per heavy atom. The first kappa shape index (κ1) is 21.0. The van der Waals surface area contributed by atoms with Gasteiger partial charge in [0.1, 0.15) is 0 Å². The van der Waals surface area contributed by atoms with Crippen molar-refractivity contribution in [2.45, 2.75) is 70.4 Å². The number of aliphatic imine (C=N–C) groups is 1. The van der Waals surface area contributed by atoms with Crippen molar-refractivity contribution in [2.75, 3.05) is 32.7 Å². The second-order valence-electron chi connectivity index (χ2n) is 6.67. The van der Waals surface area contributed by atoms with Gasteiger partial charge >= 0.3 is 0 Å². The molecule has 0 aromatic rings. The van der Waals surface area contributed by atoms with E-state index in [4.69, 9.17) is 4.99 Å². The van der Waals surface area contributed by atoms with E-state index in [1.807, 2.05) is 0 Å². The number of piperidine rings is 1. The second-order valence-corrected chi connectivity index (χ2v) is 6.67. The number of guanidine groups is 1. The van der Waals surface area contributed by atoms with Crippen molar-refractivity contribution in [3.8, 4) is 0 Å².